The van der Waals surface area contributed by atoms with Crippen molar-refractivity contribution in [3.8, 4) is 0 Å². The van der Waals surface area contributed by atoms with Gasteiger partial charge in [0.15, 0.2) is 5.15 Å². The molecule has 0 spiro atoms. The molecular formula is C11H7Br2ClN2. The predicted octanol–water partition coefficient (Wildman–Crippen LogP) is 4.25. The minimum atomic E-state index is 0.388. The zero-order valence-electron chi connectivity index (χ0n) is 8.12. The number of halogens is 3. The fourth-order valence-electron chi connectivity index (χ4n) is 1.29. The van der Waals surface area contributed by atoms with E-state index in [1.54, 1.807) is 0 Å². The summed E-state index contributed by atoms with van der Waals surface area (Å²) in [6.45, 7) is 0. The van der Waals surface area contributed by atoms with E-state index in [4.69, 9.17) is 11.6 Å². The molecule has 0 saturated carbocycles. The monoisotopic (exact) mass is 360 g/mol. The van der Waals surface area contributed by atoms with Gasteiger partial charge in [0, 0.05) is 10.9 Å². The zero-order valence-corrected chi connectivity index (χ0v) is 12.1. The van der Waals surface area contributed by atoms with Gasteiger partial charge in [-0.2, -0.15) is 5.10 Å². The van der Waals surface area contributed by atoms with Crippen LogP contribution in [-0.4, -0.2) is 10.2 Å². The molecular weight excluding hydrogens is 355 g/mol. The van der Waals surface area contributed by atoms with Crippen LogP contribution in [0, 0.1) is 0 Å². The van der Waals surface area contributed by atoms with E-state index in [0.29, 0.717) is 5.15 Å². The van der Waals surface area contributed by atoms with Gasteiger partial charge >= 0.3 is 0 Å². The Hall–Kier alpha value is -0.450. The highest BCUT2D eigenvalue weighted by Gasteiger charge is 2.03. The van der Waals surface area contributed by atoms with Crippen molar-refractivity contribution in [2.75, 3.05) is 0 Å². The number of hydrogen-bond acceptors (Lipinski definition) is 2. The van der Waals surface area contributed by atoms with Gasteiger partial charge < -0.3 is 0 Å². The summed E-state index contributed by atoms with van der Waals surface area (Å²) in [4.78, 5) is 0. The van der Waals surface area contributed by atoms with Crippen molar-refractivity contribution < 1.29 is 0 Å². The van der Waals surface area contributed by atoms with Crippen LogP contribution in [-0.2, 0) is 6.42 Å². The quantitative estimate of drug-likeness (QED) is 0.798. The van der Waals surface area contributed by atoms with Gasteiger partial charge in [-0.3, -0.25) is 0 Å². The molecule has 0 radical (unpaired) electrons. The molecule has 2 nitrogen and oxygen atoms in total. The maximum absolute atomic E-state index is 5.78. The normalized spacial score (nSPS) is 10.4. The Morgan fingerprint density at radius 3 is 2.38 bits per heavy atom. The van der Waals surface area contributed by atoms with E-state index >= 15 is 0 Å². The molecule has 1 aromatic heterocycles. The van der Waals surface area contributed by atoms with E-state index in [2.05, 4.69) is 42.1 Å². The first-order valence-electron chi connectivity index (χ1n) is 4.57. The largest absolute Gasteiger partial charge is 0.165 e. The summed E-state index contributed by atoms with van der Waals surface area (Å²) in [6, 6.07) is 10.0. The standard InChI is InChI=1S/C11H7Br2ClN2/c12-8-3-1-7(2-4-8)5-9-6-10(13)11(14)16-15-9/h1-4,6H,5H2. The van der Waals surface area contributed by atoms with Crippen LogP contribution in [0.2, 0.25) is 5.15 Å². The molecule has 0 N–H and O–H groups in total. The highest BCUT2D eigenvalue weighted by atomic mass is 79.9. The van der Waals surface area contributed by atoms with Gasteiger partial charge in [0.05, 0.1) is 10.2 Å². The van der Waals surface area contributed by atoms with Crippen LogP contribution in [0.25, 0.3) is 0 Å². The topological polar surface area (TPSA) is 25.8 Å². The Bertz CT molecular complexity index is 500. The molecule has 2 rings (SSSR count). The Kier molecular flexibility index (Phi) is 3.95. The molecule has 5 heteroatoms. The average molecular weight is 362 g/mol. The molecule has 16 heavy (non-hydrogen) atoms. The second kappa shape index (κ2) is 5.25. The van der Waals surface area contributed by atoms with Crippen LogP contribution in [0.3, 0.4) is 0 Å². The lowest BCUT2D eigenvalue weighted by Gasteiger charge is -2.02. The summed E-state index contributed by atoms with van der Waals surface area (Å²) in [5, 5.41) is 8.27. The summed E-state index contributed by atoms with van der Waals surface area (Å²) >= 11 is 12.5. The summed E-state index contributed by atoms with van der Waals surface area (Å²) in [7, 11) is 0. The first-order chi connectivity index (χ1) is 7.65. The maximum atomic E-state index is 5.78. The third-order valence-electron chi connectivity index (χ3n) is 2.06. The number of rotatable bonds is 2. The lowest BCUT2D eigenvalue weighted by molar-refractivity contribution is 0.931. The van der Waals surface area contributed by atoms with Crippen molar-refractivity contribution in [1.29, 1.82) is 0 Å². The number of aromatic nitrogens is 2. The summed E-state index contributed by atoms with van der Waals surface area (Å²) < 4.78 is 1.84. The van der Waals surface area contributed by atoms with Crippen molar-refractivity contribution in [1.82, 2.24) is 10.2 Å². The summed E-state index contributed by atoms with van der Waals surface area (Å²) in [6.07, 6.45) is 0.746. The molecule has 0 amide bonds. The smallest absolute Gasteiger partial charge is 0.154 e. The van der Waals surface area contributed by atoms with Crippen molar-refractivity contribution in [3.05, 3.63) is 55.7 Å². The van der Waals surface area contributed by atoms with Crippen molar-refractivity contribution in [2.24, 2.45) is 0 Å². The van der Waals surface area contributed by atoms with Gasteiger partial charge in [-0.1, -0.05) is 39.7 Å². The van der Waals surface area contributed by atoms with Crippen molar-refractivity contribution >= 4 is 43.5 Å². The molecule has 0 fully saturated rings. The van der Waals surface area contributed by atoms with Gasteiger partial charge in [-0.05, 0) is 39.7 Å². The molecule has 0 aliphatic heterocycles. The molecule has 0 aliphatic rings. The van der Waals surface area contributed by atoms with Crippen LogP contribution in [0.1, 0.15) is 11.3 Å². The van der Waals surface area contributed by atoms with Crippen LogP contribution in [0.4, 0.5) is 0 Å². The Morgan fingerprint density at radius 2 is 1.75 bits per heavy atom. The van der Waals surface area contributed by atoms with E-state index in [0.717, 1.165) is 21.1 Å². The second-order valence-electron chi connectivity index (χ2n) is 3.28. The van der Waals surface area contributed by atoms with Gasteiger partial charge in [0.25, 0.3) is 0 Å². The molecule has 0 unspecified atom stereocenters. The third kappa shape index (κ3) is 3.03. The van der Waals surface area contributed by atoms with Crippen LogP contribution in [0.15, 0.2) is 39.3 Å². The van der Waals surface area contributed by atoms with Crippen molar-refractivity contribution in [3.63, 3.8) is 0 Å². The minimum absolute atomic E-state index is 0.388. The molecule has 82 valence electrons. The Morgan fingerprint density at radius 1 is 1.06 bits per heavy atom. The lowest BCUT2D eigenvalue weighted by atomic mass is 10.1. The summed E-state index contributed by atoms with van der Waals surface area (Å²) in [5.74, 6) is 0. The number of hydrogen-bond donors (Lipinski definition) is 0. The fraction of sp³-hybridized carbons (Fsp3) is 0.0909. The second-order valence-corrected chi connectivity index (χ2v) is 5.41. The van der Waals surface area contributed by atoms with Crippen LogP contribution >= 0.6 is 43.5 Å². The molecule has 1 heterocycles. The molecule has 2 aromatic rings. The molecule has 0 saturated heterocycles. The average Bonchev–Trinajstić information content (AvgIpc) is 2.27. The molecule has 0 bridgehead atoms. The molecule has 0 aliphatic carbocycles. The third-order valence-corrected chi connectivity index (χ3v) is 3.70. The summed E-state index contributed by atoms with van der Waals surface area (Å²) in [5.41, 5.74) is 2.07. The fourth-order valence-corrected chi connectivity index (χ4v) is 1.99. The van der Waals surface area contributed by atoms with Gasteiger partial charge in [-0.25, -0.2) is 0 Å². The highest BCUT2D eigenvalue weighted by Crippen LogP contribution is 2.20. The lowest BCUT2D eigenvalue weighted by Crippen LogP contribution is -1.95. The SMILES string of the molecule is Clc1nnc(Cc2ccc(Br)cc2)cc1Br. The van der Waals surface area contributed by atoms with Gasteiger partial charge in [0.2, 0.25) is 0 Å². The van der Waals surface area contributed by atoms with Gasteiger partial charge in [-0.15, -0.1) is 5.10 Å². The predicted molar refractivity (Wildman–Crippen MR) is 71.7 cm³/mol. The molecule has 1 aromatic carbocycles. The van der Waals surface area contributed by atoms with E-state index in [-0.39, 0.29) is 0 Å². The van der Waals surface area contributed by atoms with Gasteiger partial charge in [0.1, 0.15) is 0 Å². The highest BCUT2D eigenvalue weighted by molar-refractivity contribution is 9.10. The van der Waals surface area contributed by atoms with Crippen molar-refractivity contribution in [2.45, 2.75) is 6.42 Å². The minimum Gasteiger partial charge on any atom is -0.154 e. The number of benzene rings is 1. The van der Waals surface area contributed by atoms with E-state index in [9.17, 15) is 0 Å². The Balaban J connectivity index is 2.20. The molecule has 0 atom stereocenters. The van der Waals surface area contributed by atoms with Crippen LogP contribution < -0.4 is 0 Å². The first-order valence-corrected chi connectivity index (χ1v) is 6.53. The Labute approximate surface area is 115 Å². The maximum Gasteiger partial charge on any atom is 0.165 e. The zero-order chi connectivity index (χ0) is 11.5. The number of nitrogens with zero attached hydrogens (tertiary/aromatic N) is 2. The first kappa shape index (κ1) is 12.0. The van der Waals surface area contributed by atoms with Crippen LogP contribution in [0.5, 0.6) is 0 Å². The van der Waals surface area contributed by atoms with E-state index in [1.807, 2.05) is 30.3 Å². The van der Waals surface area contributed by atoms with E-state index in [1.165, 1.54) is 5.56 Å². The van der Waals surface area contributed by atoms with E-state index < -0.39 is 0 Å².